The van der Waals surface area contributed by atoms with Crippen molar-refractivity contribution in [2.75, 3.05) is 7.11 Å². The van der Waals surface area contributed by atoms with Crippen molar-refractivity contribution >= 4 is 0 Å². The summed E-state index contributed by atoms with van der Waals surface area (Å²) in [4.78, 5) is 0. The van der Waals surface area contributed by atoms with E-state index in [1.807, 2.05) is 0 Å². The van der Waals surface area contributed by atoms with Gasteiger partial charge < -0.3 is 9.84 Å². The van der Waals surface area contributed by atoms with Crippen LogP contribution >= 0.6 is 0 Å². The maximum absolute atomic E-state index is 9.24. The van der Waals surface area contributed by atoms with Crippen LogP contribution in [0.5, 0.6) is 0 Å². The highest BCUT2D eigenvalue weighted by molar-refractivity contribution is 4.65. The molecule has 0 aromatic heterocycles. The molecule has 0 aliphatic heterocycles. The SMILES string of the molecule is [CH2]CC(O)CC(CCC)OC. The Morgan fingerprint density at radius 2 is 2.18 bits per heavy atom. The number of ether oxygens (including phenoxy) is 1. The summed E-state index contributed by atoms with van der Waals surface area (Å²) < 4.78 is 5.18. The molecule has 0 aliphatic rings. The van der Waals surface area contributed by atoms with Crippen molar-refractivity contribution in [3.05, 3.63) is 6.92 Å². The van der Waals surface area contributed by atoms with Gasteiger partial charge in [0.25, 0.3) is 0 Å². The summed E-state index contributed by atoms with van der Waals surface area (Å²) in [7, 11) is 1.69. The number of rotatable bonds is 6. The summed E-state index contributed by atoms with van der Waals surface area (Å²) in [6, 6.07) is 0. The molecular formula is C9H19O2. The Morgan fingerprint density at radius 3 is 2.55 bits per heavy atom. The van der Waals surface area contributed by atoms with Gasteiger partial charge in [0, 0.05) is 7.11 Å². The van der Waals surface area contributed by atoms with Crippen LogP contribution in [-0.2, 0) is 4.74 Å². The Morgan fingerprint density at radius 1 is 1.55 bits per heavy atom. The Kier molecular flexibility index (Phi) is 6.57. The molecule has 1 N–H and O–H groups in total. The summed E-state index contributed by atoms with van der Waals surface area (Å²) in [6.07, 6.45) is 3.32. The van der Waals surface area contributed by atoms with Crippen molar-refractivity contribution in [2.45, 2.75) is 44.8 Å². The van der Waals surface area contributed by atoms with Crippen molar-refractivity contribution in [1.29, 1.82) is 0 Å². The number of hydrogen-bond acceptors (Lipinski definition) is 2. The van der Waals surface area contributed by atoms with E-state index in [1.165, 1.54) is 0 Å². The zero-order valence-electron chi connectivity index (χ0n) is 7.55. The molecule has 2 nitrogen and oxygen atoms in total. The average Bonchev–Trinajstić information content (AvgIpc) is 2.03. The summed E-state index contributed by atoms with van der Waals surface area (Å²) in [6.45, 7) is 5.74. The number of methoxy groups -OCH3 is 1. The molecule has 11 heavy (non-hydrogen) atoms. The molecule has 0 aromatic rings. The normalized spacial score (nSPS) is 16.4. The van der Waals surface area contributed by atoms with Crippen LogP contribution in [0.15, 0.2) is 0 Å². The minimum atomic E-state index is -0.300. The third-order valence-electron chi connectivity index (χ3n) is 1.81. The minimum Gasteiger partial charge on any atom is -0.393 e. The largest absolute Gasteiger partial charge is 0.393 e. The highest BCUT2D eigenvalue weighted by atomic mass is 16.5. The fourth-order valence-corrected chi connectivity index (χ4v) is 1.08. The lowest BCUT2D eigenvalue weighted by Gasteiger charge is -2.16. The van der Waals surface area contributed by atoms with Gasteiger partial charge in [-0.05, 0) is 19.3 Å². The van der Waals surface area contributed by atoms with E-state index in [-0.39, 0.29) is 12.2 Å². The Labute approximate surface area is 69.6 Å². The fraction of sp³-hybridized carbons (Fsp3) is 0.889. The molecule has 1 radical (unpaired) electrons. The second-order valence-corrected chi connectivity index (χ2v) is 2.82. The van der Waals surface area contributed by atoms with Gasteiger partial charge >= 0.3 is 0 Å². The van der Waals surface area contributed by atoms with E-state index in [0.29, 0.717) is 12.8 Å². The molecule has 0 fully saturated rings. The van der Waals surface area contributed by atoms with Crippen LogP contribution in [0.2, 0.25) is 0 Å². The monoisotopic (exact) mass is 159 g/mol. The quantitative estimate of drug-likeness (QED) is 0.640. The molecule has 0 aliphatic carbocycles. The molecule has 2 atom stereocenters. The van der Waals surface area contributed by atoms with Crippen molar-refractivity contribution in [3.8, 4) is 0 Å². The second-order valence-electron chi connectivity index (χ2n) is 2.82. The first kappa shape index (κ1) is 10.9. The number of aliphatic hydroxyl groups excluding tert-OH is 1. The first-order valence-corrected chi connectivity index (χ1v) is 4.24. The standard InChI is InChI=1S/C9H19O2/c1-4-6-9(11-3)7-8(10)5-2/h8-10H,2,4-7H2,1,3H3. The number of aliphatic hydroxyl groups is 1. The molecular weight excluding hydrogens is 140 g/mol. The summed E-state index contributed by atoms with van der Waals surface area (Å²) in [5, 5.41) is 9.24. The van der Waals surface area contributed by atoms with E-state index in [4.69, 9.17) is 4.74 Å². The van der Waals surface area contributed by atoms with Crippen LogP contribution in [0, 0.1) is 6.92 Å². The maximum Gasteiger partial charge on any atom is 0.0595 e. The molecule has 2 unspecified atom stereocenters. The van der Waals surface area contributed by atoms with E-state index in [2.05, 4.69) is 13.8 Å². The van der Waals surface area contributed by atoms with Gasteiger partial charge in [-0.1, -0.05) is 20.3 Å². The van der Waals surface area contributed by atoms with Crippen molar-refractivity contribution < 1.29 is 9.84 Å². The lowest BCUT2D eigenvalue weighted by atomic mass is 10.1. The molecule has 0 rings (SSSR count). The average molecular weight is 159 g/mol. The Bertz CT molecular complexity index is 83.6. The molecule has 0 saturated heterocycles. The van der Waals surface area contributed by atoms with E-state index < -0.39 is 0 Å². The van der Waals surface area contributed by atoms with Gasteiger partial charge in [-0.2, -0.15) is 0 Å². The second kappa shape index (κ2) is 6.62. The van der Waals surface area contributed by atoms with Crippen molar-refractivity contribution in [3.63, 3.8) is 0 Å². The first-order chi connectivity index (χ1) is 5.24. The molecule has 0 aromatic carbocycles. The van der Waals surface area contributed by atoms with Crippen LogP contribution < -0.4 is 0 Å². The molecule has 2 heteroatoms. The zero-order valence-corrected chi connectivity index (χ0v) is 7.55. The molecule has 0 amide bonds. The van der Waals surface area contributed by atoms with E-state index in [1.54, 1.807) is 7.11 Å². The molecule has 0 saturated carbocycles. The lowest BCUT2D eigenvalue weighted by Crippen LogP contribution is -2.18. The summed E-state index contributed by atoms with van der Waals surface area (Å²) >= 11 is 0. The van der Waals surface area contributed by atoms with Gasteiger partial charge in [0.15, 0.2) is 0 Å². The smallest absolute Gasteiger partial charge is 0.0595 e. The predicted octanol–water partition coefficient (Wildman–Crippen LogP) is 1.78. The maximum atomic E-state index is 9.24. The summed E-state index contributed by atoms with van der Waals surface area (Å²) in [5.41, 5.74) is 0. The van der Waals surface area contributed by atoms with Crippen LogP contribution in [0.1, 0.15) is 32.6 Å². The molecule has 0 spiro atoms. The lowest BCUT2D eigenvalue weighted by molar-refractivity contribution is 0.0407. The first-order valence-electron chi connectivity index (χ1n) is 4.24. The fourth-order valence-electron chi connectivity index (χ4n) is 1.08. The number of hydrogen-bond donors (Lipinski definition) is 1. The van der Waals surface area contributed by atoms with E-state index in [0.717, 1.165) is 12.8 Å². The summed E-state index contributed by atoms with van der Waals surface area (Å²) in [5.74, 6) is 0. The Balaban J connectivity index is 3.49. The van der Waals surface area contributed by atoms with Gasteiger partial charge in [0.05, 0.1) is 12.2 Å². The van der Waals surface area contributed by atoms with E-state index in [9.17, 15) is 5.11 Å². The van der Waals surface area contributed by atoms with Gasteiger partial charge in [0.1, 0.15) is 0 Å². The third-order valence-corrected chi connectivity index (χ3v) is 1.81. The zero-order chi connectivity index (χ0) is 8.69. The van der Waals surface area contributed by atoms with Crippen molar-refractivity contribution in [1.82, 2.24) is 0 Å². The van der Waals surface area contributed by atoms with Crippen LogP contribution in [0.3, 0.4) is 0 Å². The van der Waals surface area contributed by atoms with Crippen LogP contribution in [0.4, 0.5) is 0 Å². The van der Waals surface area contributed by atoms with Crippen molar-refractivity contribution in [2.24, 2.45) is 0 Å². The van der Waals surface area contributed by atoms with Gasteiger partial charge in [-0.3, -0.25) is 0 Å². The minimum absolute atomic E-state index is 0.205. The highest BCUT2D eigenvalue weighted by Crippen LogP contribution is 2.09. The van der Waals surface area contributed by atoms with Gasteiger partial charge in [0.2, 0.25) is 0 Å². The predicted molar refractivity (Wildman–Crippen MR) is 46.3 cm³/mol. The molecule has 0 bridgehead atoms. The third kappa shape index (κ3) is 5.22. The van der Waals surface area contributed by atoms with Crippen LogP contribution in [0.25, 0.3) is 0 Å². The Hall–Kier alpha value is -0.0800. The van der Waals surface area contributed by atoms with E-state index >= 15 is 0 Å². The topological polar surface area (TPSA) is 29.5 Å². The van der Waals surface area contributed by atoms with Gasteiger partial charge in [-0.25, -0.2) is 0 Å². The van der Waals surface area contributed by atoms with Gasteiger partial charge in [-0.15, -0.1) is 0 Å². The molecule has 0 heterocycles. The van der Waals surface area contributed by atoms with Crippen LogP contribution in [-0.4, -0.2) is 24.4 Å². The highest BCUT2D eigenvalue weighted by Gasteiger charge is 2.10. The molecule has 67 valence electrons.